The first-order chi connectivity index (χ1) is 7.62. The smallest absolute Gasteiger partial charge is 0.148 e. The van der Waals surface area contributed by atoms with Gasteiger partial charge >= 0.3 is 0 Å². The lowest BCUT2D eigenvalue weighted by molar-refractivity contribution is 0.190. The third-order valence-electron chi connectivity index (χ3n) is 2.41. The first kappa shape index (κ1) is 14.3. The van der Waals surface area contributed by atoms with Gasteiger partial charge in [0.05, 0.1) is 15.0 Å². The molecular formula is C12H15Br2ClO. The van der Waals surface area contributed by atoms with Gasteiger partial charge in [0.15, 0.2) is 0 Å². The Morgan fingerprint density at radius 3 is 2.06 bits per heavy atom. The molecule has 0 unspecified atom stereocenters. The molecule has 0 radical (unpaired) electrons. The molecule has 1 aromatic rings. The second-order valence-corrected chi connectivity index (χ2v) is 5.55. The number of hydrogen-bond acceptors (Lipinski definition) is 1. The van der Waals surface area contributed by atoms with Gasteiger partial charge in [-0.1, -0.05) is 13.8 Å². The van der Waals surface area contributed by atoms with E-state index in [1.807, 2.05) is 12.1 Å². The third-order valence-corrected chi connectivity index (χ3v) is 3.89. The lowest BCUT2D eigenvalue weighted by atomic mass is 10.2. The van der Waals surface area contributed by atoms with Crippen molar-refractivity contribution in [1.82, 2.24) is 0 Å². The standard InChI is InChI=1S/C12H15Br2ClO/c1-3-9(4-2)16-12-10(13)5-8(7-15)6-11(12)14/h5-6,9H,3-4,7H2,1-2H3. The zero-order chi connectivity index (χ0) is 12.1. The van der Waals surface area contributed by atoms with Crippen LogP contribution in [0, 0.1) is 0 Å². The van der Waals surface area contributed by atoms with Crippen LogP contribution < -0.4 is 4.74 Å². The van der Waals surface area contributed by atoms with E-state index in [4.69, 9.17) is 16.3 Å². The van der Waals surface area contributed by atoms with Crippen LogP contribution in [-0.2, 0) is 5.88 Å². The van der Waals surface area contributed by atoms with Gasteiger partial charge in [-0.3, -0.25) is 0 Å². The maximum Gasteiger partial charge on any atom is 0.148 e. The zero-order valence-electron chi connectivity index (χ0n) is 9.40. The minimum atomic E-state index is 0.259. The fourth-order valence-corrected chi connectivity index (χ4v) is 3.05. The molecule has 0 aliphatic rings. The fraction of sp³-hybridized carbons (Fsp3) is 0.500. The molecule has 0 fully saturated rings. The van der Waals surface area contributed by atoms with E-state index in [2.05, 4.69) is 45.7 Å². The molecule has 90 valence electrons. The van der Waals surface area contributed by atoms with Crippen molar-refractivity contribution in [3.05, 3.63) is 26.6 Å². The summed E-state index contributed by atoms with van der Waals surface area (Å²) in [6, 6.07) is 3.99. The minimum Gasteiger partial charge on any atom is -0.488 e. The van der Waals surface area contributed by atoms with Crippen molar-refractivity contribution in [2.45, 2.75) is 38.7 Å². The van der Waals surface area contributed by atoms with Gasteiger partial charge in [-0.2, -0.15) is 0 Å². The van der Waals surface area contributed by atoms with Gasteiger partial charge in [0.25, 0.3) is 0 Å². The van der Waals surface area contributed by atoms with Crippen molar-refractivity contribution in [2.75, 3.05) is 0 Å². The first-order valence-corrected chi connectivity index (χ1v) is 7.44. The van der Waals surface area contributed by atoms with Crippen molar-refractivity contribution in [1.29, 1.82) is 0 Å². The van der Waals surface area contributed by atoms with Crippen LogP contribution in [0.5, 0.6) is 5.75 Å². The number of halogens is 3. The number of rotatable bonds is 5. The Labute approximate surface area is 119 Å². The van der Waals surface area contributed by atoms with Crippen molar-refractivity contribution >= 4 is 43.5 Å². The van der Waals surface area contributed by atoms with E-state index in [9.17, 15) is 0 Å². The highest BCUT2D eigenvalue weighted by Gasteiger charge is 2.12. The minimum absolute atomic E-state index is 0.259. The van der Waals surface area contributed by atoms with Gasteiger partial charge in [-0.05, 0) is 62.4 Å². The molecule has 1 rings (SSSR count). The molecule has 0 atom stereocenters. The van der Waals surface area contributed by atoms with Gasteiger partial charge in [0.2, 0.25) is 0 Å². The molecule has 0 N–H and O–H groups in total. The zero-order valence-corrected chi connectivity index (χ0v) is 13.3. The van der Waals surface area contributed by atoms with Crippen LogP contribution in [-0.4, -0.2) is 6.10 Å². The molecule has 0 aromatic heterocycles. The molecule has 0 amide bonds. The Bertz CT molecular complexity index is 328. The molecule has 0 spiro atoms. The number of alkyl halides is 1. The molecule has 4 heteroatoms. The van der Waals surface area contributed by atoms with Crippen LogP contribution in [0.15, 0.2) is 21.1 Å². The van der Waals surface area contributed by atoms with Crippen molar-refractivity contribution in [3.63, 3.8) is 0 Å². The van der Waals surface area contributed by atoms with E-state index in [1.54, 1.807) is 0 Å². The molecular weight excluding hydrogens is 355 g/mol. The van der Waals surface area contributed by atoms with E-state index in [-0.39, 0.29) is 6.10 Å². The Morgan fingerprint density at radius 1 is 1.19 bits per heavy atom. The highest BCUT2D eigenvalue weighted by atomic mass is 79.9. The molecule has 0 aliphatic heterocycles. The largest absolute Gasteiger partial charge is 0.488 e. The fourth-order valence-electron chi connectivity index (χ4n) is 1.42. The van der Waals surface area contributed by atoms with Crippen molar-refractivity contribution < 1.29 is 4.74 Å². The van der Waals surface area contributed by atoms with Gasteiger partial charge < -0.3 is 4.74 Å². The lowest BCUT2D eigenvalue weighted by Crippen LogP contribution is -2.14. The summed E-state index contributed by atoms with van der Waals surface area (Å²) < 4.78 is 7.83. The Kier molecular flexibility index (Phi) is 6.16. The highest BCUT2D eigenvalue weighted by molar-refractivity contribution is 9.11. The average molecular weight is 371 g/mol. The van der Waals surface area contributed by atoms with Gasteiger partial charge in [-0.15, -0.1) is 11.6 Å². The number of ether oxygens (including phenoxy) is 1. The summed E-state index contributed by atoms with van der Waals surface area (Å²) in [5.41, 5.74) is 1.07. The van der Waals surface area contributed by atoms with Crippen LogP contribution in [0.3, 0.4) is 0 Å². The predicted octanol–water partition coefficient (Wildman–Crippen LogP) is 5.52. The highest BCUT2D eigenvalue weighted by Crippen LogP contribution is 2.36. The molecule has 0 saturated heterocycles. The molecule has 16 heavy (non-hydrogen) atoms. The SMILES string of the molecule is CCC(CC)Oc1c(Br)cc(CCl)cc1Br. The predicted molar refractivity (Wildman–Crippen MR) is 76.4 cm³/mol. The summed E-state index contributed by atoms with van der Waals surface area (Å²) in [7, 11) is 0. The molecule has 0 heterocycles. The summed E-state index contributed by atoms with van der Waals surface area (Å²) in [5.74, 6) is 1.37. The molecule has 0 bridgehead atoms. The summed E-state index contributed by atoms with van der Waals surface area (Å²) in [4.78, 5) is 0. The monoisotopic (exact) mass is 368 g/mol. The quantitative estimate of drug-likeness (QED) is 0.620. The van der Waals surface area contributed by atoms with Crippen LogP contribution >= 0.6 is 43.5 Å². The van der Waals surface area contributed by atoms with Crippen LogP contribution in [0.1, 0.15) is 32.3 Å². The van der Waals surface area contributed by atoms with Gasteiger partial charge in [0.1, 0.15) is 5.75 Å². The van der Waals surface area contributed by atoms with E-state index < -0.39 is 0 Å². The Hall–Kier alpha value is 0.270. The second kappa shape index (κ2) is 6.87. The third kappa shape index (κ3) is 3.64. The van der Waals surface area contributed by atoms with E-state index in [0.717, 1.165) is 33.1 Å². The van der Waals surface area contributed by atoms with E-state index in [1.165, 1.54) is 0 Å². The van der Waals surface area contributed by atoms with E-state index >= 15 is 0 Å². The Morgan fingerprint density at radius 2 is 1.69 bits per heavy atom. The van der Waals surface area contributed by atoms with Crippen LogP contribution in [0.2, 0.25) is 0 Å². The van der Waals surface area contributed by atoms with Crippen LogP contribution in [0.25, 0.3) is 0 Å². The van der Waals surface area contributed by atoms with Gasteiger partial charge in [-0.25, -0.2) is 0 Å². The first-order valence-electron chi connectivity index (χ1n) is 5.32. The van der Waals surface area contributed by atoms with Crippen molar-refractivity contribution in [2.24, 2.45) is 0 Å². The number of benzene rings is 1. The summed E-state index contributed by atoms with van der Waals surface area (Å²) in [6.07, 6.45) is 2.27. The van der Waals surface area contributed by atoms with E-state index in [0.29, 0.717) is 5.88 Å². The molecule has 0 aliphatic carbocycles. The average Bonchev–Trinajstić information content (AvgIpc) is 2.28. The molecule has 1 aromatic carbocycles. The lowest BCUT2D eigenvalue weighted by Gasteiger charge is -2.18. The second-order valence-electron chi connectivity index (χ2n) is 3.58. The topological polar surface area (TPSA) is 9.23 Å². The number of hydrogen-bond donors (Lipinski definition) is 0. The molecule has 0 saturated carbocycles. The summed E-state index contributed by atoms with van der Waals surface area (Å²) in [6.45, 7) is 4.26. The summed E-state index contributed by atoms with van der Waals surface area (Å²) in [5, 5.41) is 0. The maximum absolute atomic E-state index is 5.94. The molecule has 1 nitrogen and oxygen atoms in total. The van der Waals surface area contributed by atoms with Crippen LogP contribution in [0.4, 0.5) is 0 Å². The summed E-state index contributed by atoms with van der Waals surface area (Å²) >= 11 is 12.8. The van der Waals surface area contributed by atoms with Gasteiger partial charge in [0, 0.05) is 5.88 Å². The van der Waals surface area contributed by atoms with Crippen molar-refractivity contribution in [3.8, 4) is 5.75 Å². The Balaban J connectivity index is 2.95. The normalized spacial score (nSPS) is 10.9. The maximum atomic E-state index is 5.94.